The van der Waals surface area contributed by atoms with Crippen LogP contribution in [0.1, 0.15) is 5.56 Å². The number of nitrogens with zero attached hydrogens (tertiary/aromatic N) is 1. The third-order valence-corrected chi connectivity index (χ3v) is 3.86. The zero-order valence-electron chi connectivity index (χ0n) is 10.8. The number of nitrogens with one attached hydrogen (secondary N) is 1. The largest absolute Gasteiger partial charge is 0.497 e. The fourth-order valence-corrected chi connectivity index (χ4v) is 2.92. The molecule has 0 fully saturated rings. The Kier molecular flexibility index (Phi) is 5.09. The molecule has 0 bridgehead atoms. The second-order valence-electron chi connectivity index (χ2n) is 4.00. The zero-order chi connectivity index (χ0) is 13.8. The van der Waals surface area contributed by atoms with E-state index >= 15 is 0 Å². The van der Waals surface area contributed by atoms with Crippen LogP contribution in [-0.4, -0.2) is 41.2 Å². The topological polar surface area (TPSA) is 84.7 Å². The Morgan fingerprint density at radius 2 is 2.06 bits per heavy atom. The van der Waals surface area contributed by atoms with E-state index in [0.29, 0.717) is 24.3 Å². The van der Waals surface area contributed by atoms with Gasteiger partial charge in [0.1, 0.15) is 5.75 Å². The van der Waals surface area contributed by atoms with Crippen LogP contribution in [0.5, 0.6) is 5.75 Å². The number of sulfonamides is 1. The summed E-state index contributed by atoms with van der Waals surface area (Å²) in [7, 11) is 1.19. The number of hydrazine groups is 1. The Hall–Kier alpha value is -1.15. The highest BCUT2D eigenvalue weighted by molar-refractivity contribution is 7.89. The molecule has 3 N–H and O–H groups in total. The summed E-state index contributed by atoms with van der Waals surface area (Å²) >= 11 is 0. The van der Waals surface area contributed by atoms with Gasteiger partial charge in [-0.05, 0) is 36.7 Å². The van der Waals surface area contributed by atoms with E-state index in [4.69, 9.17) is 10.5 Å². The predicted octanol–water partition coefficient (Wildman–Crippen LogP) is -0.0487. The summed E-state index contributed by atoms with van der Waals surface area (Å²) in [6.45, 7) is 0.373. The van der Waals surface area contributed by atoms with Crippen LogP contribution >= 0.6 is 0 Å². The molecular formula is C11H19N3O3S. The summed E-state index contributed by atoms with van der Waals surface area (Å²) < 4.78 is 29.3. The Bertz CT molecular complexity index is 500. The van der Waals surface area contributed by atoms with Crippen molar-refractivity contribution in [1.82, 2.24) is 9.84 Å². The quantitative estimate of drug-likeness (QED) is 0.710. The minimum absolute atomic E-state index is 0.224. The first-order valence-electron chi connectivity index (χ1n) is 5.47. The normalized spacial score (nSPS) is 11.8. The number of ether oxygens (including phenoxy) is 1. The third-order valence-electron chi connectivity index (χ3n) is 2.27. The molecule has 7 heteroatoms. The number of hydrogen-bond donors (Lipinski definition) is 2. The van der Waals surface area contributed by atoms with E-state index in [-0.39, 0.29) is 4.90 Å². The Labute approximate surface area is 108 Å². The van der Waals surface area contributed by atoms with Crippen LogP contribution in [0.25, 0.3) is 0 Å². The predicted molar refractivity (Wildman–Crippen MR) is 69.8 cm³/mol. The fourth-order valence-electron chi connectivity index (χ4n) is 1.59. The van der Waals surface area contributed by atoms with Crippen LogP contribution in [0.15, 0.2) is 23.1 Å². The maximum Gasteiger partial charge on any atom is 0.253 e. The van der Waals surface area contributed by atoms with Crippen molar-refractivity contribution in [3.8, 4) is 5.75 Å². The van der Waals surface area contributed by atoms with Gasteiger partial charge in [0.2, 0.25) is 0 Å². The van der Waals surface area contributed by atoms with Gasteiger partial charge < -0.3 is 10.5 Å². The van der Waals surface area contributed by atoms with Gasteiger partial charge in [0.05, 0.1) is 12.0 Å². The summed E-state index contributed by atoms with van der Waals surface area (Å²) in [6, 6.07) is 4.83. The number of benzene rings is 1. The molecule has 0 aliphatic rings. The van der Waals surface area contributed by atoms with E-state index in [9.17, 15) is 8.42 Å². The third kappa shape index (κ3) is 3.67. The molecule has 0 aliphatic carbocycles. The summed E-state index contributed by atoms with van der Waals surface area (Å²) in [4.78, 5) is 2.62. The van der Waals surface area contributed by atoms with E-state index < -0.39 is 10.0 Å². The average molecular weight is 273 g/mol. The van der Waals surface area contributed by atoms with Gasteiger partial charge in [-0.2, -0.15) is 0 Å². The summed E-state index contributed by atoms with van der Waals surface area (Å²) in [5.41, 5.74) is 6.14. The standard InChI is InChI=1S/C11H19N3O3S/c1-14(2)13-18(15,16)11-5-4-10(17-3)8-9(11)6-7-12/h4-5,8,13H,6-7,12H2,1-3H3. The zero-order valence-corrected chi connectivity index (χ0v) is 11.6. The molecule has 0 heterocycles. The van der Waals surface area contributed by atoms with Gasteiger partial charge in [-0.15, -0.1) is 4.83 Å². The molecule has 0 saturated heterocycles. The molecule has 0 radical (unpaired) electrons. The van der Waals surface area contributed by atoms with Crippen LogP contribution in [-0.2, 0) is 16.4 Å². The molecule has 0 amide bonds. The van der Waals surface area contributed by atoms with Crippen LogP contribution in [0.4, 0.5) is 0 Å². The van der Waals surface area contributed by atoms with E-state index in [1.165, 1.54) is 18.2 Å². The SMILES string of the molecule is COc1ccc(S(=O)(=O)NN(C)C)c(CCN)c1. The van der Waals surface area contributed by atoms with Gasteiger partial charge in [0.25, 0.3) is 10.0 Å². The molecule has 6 nitrogen and oxygen atoms in total. The lowest BCUT2D eigenvalue weighted by Crippen LogP contribution is -2.36. The second kappa shape index (κ2) is 6.14. The molecular weight excluding hydrogens is 254 g/mol. The van der Waals surface area contributed by atoms with Crippen LogP contribution in [0, 0.1) is 0 Å². The van der Waals surface area contributed by atoms with Gasteiger partial charge in [0.15, 0.2) is 0 Å². The highest BCUT2D eigenvalue weighted by Crippen LogP contribution is 2.22. The molecule has 18 heavy (non-hydrogen) atoms. The fraction of sp³-hybridized carbons (Fsp3) is 0.455. The molecule has 0 unspecified atom stereocenters. The smallest absolute Gasteiger partial charge is 0.253 e. The lowest BCUT2D eigenvalue weighted by atomic mass is 10.1. The first kappa shape index (κ1) is 14.9. The minimum Gasteiger partial charge on any atom is -0.497 e. The van der Waals surface area contributed by atoms with Crippen LogP contribution in [0.2, 0.25) is 0 Å². The van der Waals surface area contributed by atoms with E-state index in [2.05, 4.69) is 4.83 Å². The van der Waals surface area contributed by atoms with Gasteiger partial charge in [-0.3, -0.25) is 0 Å². The molecule has 1 aromatic carbocycles. The van der Waals surface area contributed by atoms with E-state index in [0.717, 1.165) is 0 Å². The molecule has 0 atom stereocenters. The number of methoxy groups -OCH3 is 1. The maximum absolute atomic E-state index is 12.1. The average Bonchev–Trinajstić information content (AvgIpc) is 2.27. The van der Waals surface area contributed by atoms with Crippen molar-refractivity contribution in [3.05, 3.63) is 23.8 Å². The molecule has 0 aliphatic heterocycles. The highest BCUT2D eigenvalue weighted by atomic mass is 32.2. The van der Waals surface area contributed by atoms with Crippen molar-refractivity contribution in [3.63, 3.8) is 0 Å². The molecule has 102 valence electrons. The van der Waals surface area contributed by atoms with Crippen molar-refractivity contribution in [2.45, 2.75) is 11.3 Å². The van der Waals surface area contributed by atoms with Gasteiger partial charge in [0, 0.05) is 14.1 Å². The van der Waals surface area contributed by atoms with E-state index in [1.807, 2.05) is 0 Å². The van der Waals surface area contributed by atoms with Crippen molar-refractivity contribution < 1.29 is 13.2 Å². The lowest BCUT2D eigenvalue weighted by Gasteiger charge is -2.15. The summed E-state index contributed by atoms with van der Waals surface area (Å²) in [6.07, 6.45) is 0.473. The number of hydrogen-bond acceptors (Lipinski definition) is 5. The molecule has 0 aromatic heterocycles. The number of nitrogens with two attached hydrogens (primary N) is 1. The monoisotopic (exact) mass is 273 g/mol. The van der Waals surface area contributed by atoms with Crippen molar-refractivity contribution in [1.29, 1.82) is 0 Å². The Morgan fingerprint density at radius 3 is 2.56 bits per heavy atom. The first-order valence-corrected chi connectivity index (χ1v) is 6.95. The molecule has 1 rings (SSSR count). The molecule has 0 spiro atoms. The summed E-state index contributed by atoms with van der Waals surface area (Å²) in [5.74, 6) is 0.613. The van der Waals surface area contributed by atoms with Crippen molar-refractivity contribution in [2.24, 2.45) is 5.73 Å². The Morgan fingerprint density at radius 1 is 1.39 bits per heavy atom. The van der Waals surface area contributed by atoms with Crippen molar-refractivity contribution in [2.75, 3.05) is 27.7 Å². The van der Waals surface area contributed by atoms with Gasteiger partial charge >= 0.3 is 0 Å². The first-order chi connectivity index (χ1) is 8.40. The van der Waals surface area contributed by atoms with E-state index in [1.54, 1.807) is 26.2 Å². The van der Waals surface area contributed by atoms with Gasteiger partial charge in [-0.25, -0.2) is 13.4 Å². The highest BCUT2D eigenvalue weighted by Gasteiger charge is 2.19. The van der Waals surface area contributed by atoms with Crippen LogP contribution < -0.4 is 15.3 Å². The maximum atomic E-state index is 12.1. The molecule has 1 aromatic rings. The number of rotatable bonds is 6. The minimum atomic E-state index is -3.57. The van der Waals surface area contributed by atoms with Gasteiger partial charge in [-0.1, -0.05) is 0 Å². The lowest BCUT2D eigenvalue weighted by molar-refractivity contribution is 0.363. The summed E-state index contributed by atoms with van der Waals surface area (Å²) in [5, 5.41) is 1.38. The second-order valence-corrected chi connectivity index (χ2v) is 5.63. The Balaban J connectivity index is 3.22. The van der Waals surface area contributed by atoms with Crippen molar-refractivity contribution >= 4 is 10.0 Å². The molecule has 0 saturated carbocycles. The van der Waals surface area contributed by atoms with Crippen LogP contribution in [0.3, 0.4) is 0 Å².